The van der Waals surface area contributed by atoms with Crippen LogP contribution in [0.3, 0.4) is 0 Å². The largest absolute Gasteiger partial charge is 0.497 e. The van der Waals surface area contributed by atoms with Gasteiger partial charge in [-0.1, -0.05) is 38.1 Å². The van der Waals surface area contributed by atoms with E-state index in [4.69, 9.17) is 9.47 Å². The third-order valence-electron chi connectivity index (χ3n) is 4.52. The highest BCUT2D eigenvalue weighted by molar-refractivity contribution is 5.94. The van der Waals surface area contributed by atoms with Crippen LogP contribution in [-0.2, 0) is 6.42 Å². The maximum atomic E-state index is 12.4. The summed E-state index contributed by atoms with van der Waals surface area (Å²) in [7, 11) is 3.15. The lowest BCUT2D eigenvalue weighted by Crippen LogP contribution is -2.18. The Balaban J connectivity index is 1.66. The summed E-state index contributed by atoms with van der Waals surface area (Å²) in [5, 5.41) is 11.0. The predicted molar refractivity (Wildman–Crippen MR) is 117 cm³/mol. The van der Waals surface area contributed by atoms with Crippen LogP contribution < -0.4 is 14.9 Å². The van der Waals surface area contributed by atoms with Gasteiger partial charge in [-0.15, -0.1) is 0 Å². The number of nitrogens with zero attached hydrogens (tertiary/aromatic N) is 2. The minimum Gasteiger partial charge on any atom is -0.497 e. The van der Waals surface area contributed by atoms with Crippen LogP contribution >= 0.6 is 0 Å². The Hall–Kier alpha value is -3.61. The van der Waals surface area contributed by atoms with Crippen molar-refractivity contribution >= 4 is 12.1 Å². The third-order valence-corrected chi connectivity index (χ3v) is 4.52. The molecule has 0 aliphatic rings. The van der Waals surface area contributed by atoms with E-state index in [1.807, 2.05) is 12.1 Å². The summed E-state index contributed by atoms with van der Waals surface area (Å²) in [4.78, 5) is 12.4. The molecule has 0 atom stereocenters. The van der Waals surface area contributed by atoms with Crippen LogP contribution in [0.5, 0.6) is 11.5 Å². The average Bonchev–Trinajstić information content (AvgIpc) is 3.24. The van der Waals surface area contributed by atoms with Crippen LogP contribution in [0.1, 0.15) is 35.5 Å². The molecule has 0 saturated heterocycles. The Kier molecular flexibility index (Phi) is 6.85. The molecule has 0 radical (unpaired) electrons. The zero-order valence-corrected chi connectivity index (χ0v) is 17.6. The van der Waals surface area contributed by atoms with Gasteiger partial charge in [0.15, 0.2) is 0 Å². The van der Waals surface area contributed by atoms with Crippen molar-refractivity contribution in [3.05, 3.63) is 65.4 Å². The normalized spacial score (nSPS) is 11.1. The number of hydrogen-bond acceptors (Lipinski definition) is 5. The number of benzene rings is 2. The zero-order valence-electron chi connectivity index (χ0n) is 17.6. The summed E-state index contributed by atoms with van der Waals surface area (Å²) in [6.07, 6.45) is 2.54. The van der Waals surface area contributed by atoms with E-state index in [9.17, 15) is 4.79 Å². The van der Waals surface area contributed by atoms with E-state index in [-0.39, 0.29) is 5.91 Å². The molecule has 1 amide bonds. The number of carbonyl (C=O) groups excluding carboxylic acids is 1. The van der Waals surface area contributed by atoms with Crippen LogP contribution in [0.25, 0.3) is 11.3 Å². The van der Waals surface area contributed by atoms with Crippen molar-refractivity contribution in [3.63, 3.8) is 0 Å². The number of hydrazone groups is 1. The molecule has 7 heteroatoms. The van der Waals surface area contributed by atoms with E-state index in [2.05, 4.69) is 46.7 Å². The molecular formula is C23H26N4O3. The van der Waals surface area contributed by atoms with Gasteiger partial charge < -0.3 is 9.47 Å². The van der Waals surface area contributed by atoms with Gasteiger partial charge in [0.2, 0.25) is 0 Å². The molecule has 0 fully saturated rings. The number of H-pyrrole nitrogens is 1. The van der Waals surface area contributed by atoms with Crippen molar-refractivity contribution in [2.45, 2.75) is 20.3 Å². The number of carbonyl (C=O) groups is 1. The second-order valence-electron chi connectivity index (χ2n) is 7.27. The Labute approximate surface area is 176 Å². The molecule has 0 spiro atoms. The Bertz CT molecular complexity index is 1020. The molecular weight excluding hydrogens is 380 g/mol. The highest BCUT2D eigenvalue weighted by atomic mass is 16.5. The van der Waals surface area contributed by atoms with Gasteiger partial charge in [0.05, 0.1) is 26.1 Å². The fourth-order valence-electron chi connectivity index (χ4n) is 3.03. The molecule has 0 aliphatic heterocycles. The van der Waals surface area contributed by atoms with E-state index < -0.39 is 0 Å². The molecule has 1 aromatic heterocycles. The van der Waals surface area contributed by atoms with Crippen LogP contribution in [0.15, 0.2) is 53.6 Å². The second kappa shape index (κ2) is 9.73. The van der Waals surface area contributed by atoms with Gasteiger partial charge >= 0.3 is 0 Å². The van der Waals surface area contributed by atoms with E-state index in [0.717, 1.165) is 12.0 Å². The monoisotopic (exact) mass is 406 g/mol. The maximum absolute atomic E-state index is 12.4. The van der Waals surface area contributed by atoms with Crippen LogP contribution in [-0.4, -0.2) is 36.5 Å². The Morgan fingerprint density at radius 1 is 1.13 bits per heavy atom. The van der Waals surface area contributed by atoms with Crippen LogP contribution in [0, 0.1) is 5.92 Å². The van der Waals surface area contributed by atoms with Crippen molar-refractivity contribution in [3.8, 4) is 22.8 Å². The Morgan fingerprint density at radius 2 is 1.90 bits per heavy atom. The first-order chi connectivity index (χ1) is 14.5. The number of aromatic nitrogens is 2. The molecule has 0 bridgehead atoms. The van der Waals surface area contributed by atoms with Crippen molar-refractivity contribution in [1.82, 2.24) is 15.6 Å². The van der Waals surface area contributed by atoms with Gasteiger partial charge in [-0.05, 0) is 42.2 Å². The number of methoxy groups -OCH3 is 2. The van der Waals surface area contributed by atoms with Crippen LogP contribution in [0.2, 0.25) is 0 Å². The van der Waals surface area contributed by atoms with Gasteiger partial charge in [0.1, 0.15) is 17.2 Å². The topological polar surface area (TPSA) is 88.6 Å². The SMILES string of the molecule is COc1ccc(OC)c(C=NNC(=O)c2cc(-c3ccc(CC(C)C)cc3)n[nH]2)c1. The van der Waals surface area contributed by atoms with Gasteiger partial charge in [0.25, 0.3) is 5.91 Å². The standard InChI is InChI=1S/C23H26N4O3/c1-15(2)11-16-5-7-17(8-6-16)20-13-21(26-25-20)23(28)27-24-14-18-12-19(29-3)9-10-22(18)30-4/h5-10,12-15H,11H2,1-4H3,(H,25,26)(H,27,28). The summed E-state index contributed by atoms with van der Waals surface area (Å²) < 4.78 is 10.5. The van der Waals surface area contributed by atoms with Gasteiger partial charge in [-0.2, -0.15) is 10.2 Å². The third kappa shape index (κ3) is 5.26. The molecule has 30 heavy (non-hydrogen) atoms. The van der Waals surface area contributed by atoms with Crippen molar-refractivity contribution in [2.75, 3.05) is 14.2 Å². The number of nitrogens with one attached hydrogen (secondary N) is 2. The molecule has 2 aromatic carbocycles. The molecule has 3 rings (SSSR count). The van der Waals surface area contributed by atoms with Crippen LogP contribution in [0.4, 0.5) is 0 Å². The number of rotatable bonds is 8. The first-order valence-corrected chi connectivity index (χ1v) is 9.70. The number of hydrogen-bond donors (Lipinski definition) is 2. The molecule has 1 heterocycles. The van der Waals surface area contributed by atoms with E-state index in [1.165, 1.54) is 11.8 Å². The molecule has 0 aliphatic carbocycles. The van der Waals surface area contributed by atoms with Gasteiger partial charge in [-0.3, -0.25) is 9.89 Å². The summed E-state index contributed by atoms with van der Waals surface area (Å²) in [5.74, 6) is 1.51. The minimum absolute atomic E-state index is 0.325. The van der Waals surface area contributed by atoms with E-state index in [1.54, 1.807) is 38.5 Å². The smallest absolute Gasteiger partial charge is 0.289 e. The summed E-state index contributed by atoms with van der Waals surface area (Å²) in [5.41, 5.74) is 6.44. The molecule has 156 valence electrons. The minimum atomic E-state index is -0.386. The summed E-state index contributed by atoms with van der Waals surface area (Å²) >= 11 is 0. The number of aromatic amines is 1. The summed E-state index contributed by atoms with van der Waals surface area (Å²) in [6, 6.07) is 15.3. The molecule has 2 N–H and O–H groups in total. The molecule has 3 aromatic rings. The van der Waals surface area contributed by atoms with Crippen molar-refractivity contribution in [2.24, 2.45) is 11.0 Å². The maximum Gasteiger partial charge on any atom is 0.289 e. The highest BCUT2D eigenvalue weighted by Gasteiger charge is 2.11. The second-order valence-corrected chi connectivity index (χ2v) is 7.27. The highest BCUT2D eigenvalue weighted by Crippen LogP contribution is 2.22. The first-order valence-electron chi connectivity index (χ1n) is 9.70. The molecule has 7 nitrogen and oxygen atoms in total. The number of amides is 1. The lowest BCUT2D eigenvalue weighted by molar-refractivity contribution is 0.0950. The van der Waals surface area contributed by atoms with E-state index >= 15 is 0 Å². The lowest BCUT2D eigenvalue weighted by Gasteiger charge is -2.06. The summed E-state index contributed by atoms with van der Waals surface area (Å²) in [6.45, 7) is 4.39. The number of ether oxygens (including phenoxy) is 2. The van der Waals surface area contributed by atoms with Crippen molar-refractivity contribution in [1.29, 1.82) is 0 Å². The van der Waals surface area contributed by atoms with Crippen molar-refractivity contribution < 1.29 is 14.3 Å². The molecule has 0 saturated carbocycles. The van der Waals surface area contributed by atoms with Gasteiger partial charge in [-0.25, -0.2) is 5.43 Å². The lowest BCUT2D eigenvalue weighted by atomic mass is 10.0. The fraction of sp³-hybridized carbons (Fsp3) is 0.261. The first kappa shape index (κ1) is 21.1. The zero-order chi connectivity index (χ0) is 21.5. The quantitative estimate of drug-likeness (QED) is 0.436. The van der Waals surface area contributed by atoms with E-state index in [0.29, 0.717) is 34.4 Å². The average molecular weight is 406 g/mol. The van der Waals surface area contributed by atoms with Gasteiger partial charge in [0, 0.05) is 11.1 Å². The Morgan fingerprint density at radius 3 is 2.57 bits per heavy atom. The molecule has 0 unspecified atom stereocenters. The fourth-order valence-corrected chi connectivity index (χ4v) is 3.03. The predicted octanol–water partition coefficient (Wildman–Crippen LogP) is 4.06.